The van der Waals surface area contributed by atoms with Gasteiger partial charge in [0.25, 0.3) is 5.56 Å². The van der Waals surface area contributed by atoms with Gasteiger partial charge in [-0.3, -0.25) is 14.2 Å². The number of benzene rings is 1. The second kappa shape index (κ2) is 5.65. The summed E-state index contributed by atoms with van der Waals surface area (Å²) in [5, 5.41) is 3.24. The SMILES string of the molecule is COCC(=O)Nc1ccc2nc3n(c(=O)c2c1)CCCC3. The van der Waals surface area contributed by atoms with E-state index in [1.54, 1.807) is 22.8 Å². The minimum absolute atomic E-state index is 0.0144. The van der Waals surface area contributed by atoms with Crippen LogP contribution in [0.2, 0.25) is 0 Å². The third-order valence-corrected chi connectivity index (χ3v) is 3.62. The van der Waals surface area contributed by atoms with Crippen molar-refractivity contribution >= 4 is 22.5 Å². The van der Waals surface area contributed by atoms with Gasteiger partial charge >= 0.3 is 0 Å². The van der Waals surface area contributed by atoms with Crippen molar-refractivity contribution in [2.45, 2.75) is 25.8 Å². The highest BCUT2D eigenvalue weighted by Gasteiger charge is 2.15. The normalized spacial score (nSPS) is 14.0. The average molecular weight is 287 g/mol. The molecule has 3 rings (SSSR count). The summed E-state index contributed by atoms with van der Waals surface area (Å²) in [6.07, 6.45) is 2.92. The third kappa shape index (κ3) is 2.67. The van der Waals surface area contributed by atoms with Crippen molar-refractivity contribution in [3.63, 3.8) is 0 Å². The predicted octanol–water partition coefficient (Wildman–Crippen LogP) is 1.32. The molecule has 1 aromatic heterocycles. The first kappa shape index (κ1) is 13.8. The molecule has 1 aliphatic heterocycles. The molecule has 1 aromatic carbocycles. The van der Waals surface area contributed by atoms with Crippen molar-refractivity contribution in [3.8, 4) is 0 Å². The molecule has 2 aromatic rings. The topological polar surface area (TPSA) is 73.2 Å². The van der Waals surface area contributed by atoms with Crippen molar-refractivity contribution in [1.82, 2.24) is 9.55 Å². The molecule has 0 bridgehead atoms. The van der Waals surface area contributed by atoms with Crippen LogP contribution in [0.3, 0.4) is 0 Å². The van der Waals surface area contributed by atoms with Gasteiger partial charge in [-0.1, -0.05) is 0 Å². The number of rotatable bonds is 3. The number of hydrogen-bond donors (Lipinski definition) is 1. The number of aryl methyl sites for hydroxylation is 1. The molecule has 0 spiro atoms. The van der Waals surface area contributed by atoms with Crippen LogP contribution in [0.15, 0.2) is 23.0 Å². The molecule has 0 saturated carbocycles. The summed E-state index contributed by atoms with van der Waals surface area (Å²) in [5.74, 6) is 0.609. The van der Waals surface area contributed by atoms with Crippen molar-refractivity contribution < 1.29 is 9.53 Å². The Morgan fingerprint density at radius 2 is 2.29 bits per heavy atom. The van der Waals surface area contributed by atoms with E-state index in [1.807, 2.05) is 0 Å². The molecular weight excluding hydrogens is 270 g/mol. The highest BCUT2D eigenvalue weighted by atomic mass is 16.5. The number of carbonyl (C=O) groups is 1. The Hall–Kier alpha value is -2.21. The van der Waals surface area contributed by atoms with Gasteiger partial charge in [0, 0.05) is 25.8 Å². The maximum absolute atomic E-state index is 12.5. The molecule has 6 nitrogen and oxygen atoms in total. The number of fused-ring (bicyclic) bond motifs is 2. The Labute approximate surface area is 121 Å². The Morgan fingerprint density at radius 1 is 1.43 bits per heavy atom. The largest absolute Gasteiger partial charge is 0.375 e. The fourth-order valence-electron chi connectivity index (χ4n) is 2.65. The summed E-state index contributed by atoms with van der Waals surface area (Å²) in [5.41, 5.74) is 1.23. The van der Waals surface area contributed by atoms with E-state index in [1.165, 1.54) is 7.11 Å². The fraction of sp³-hybridized carbons (Fsp3) is 0.400. The maximum Gasteiger partial charge on any atom is 0.261 e. The molecule has 21 heavy (non-hydrogen) atoms. The molecule has 1 N–H and O–H groups in total. The number of amides is 1. The minimum Gasteiger partial charge on any atom is -0.375 e. The second-order valence-electron chi connectivity index (χ2n) is 5.16. The number of methoxy groups -OCH3 is 1. The molecule has 0 radical (unpaired) electrons. The van der Waals surface area contributed by atoms with E-state index >= 15 is 0 Å². The standard InChI is InChI=1S/C15H17N3O3/c1-21-9-14(19)16-10-5-6-12-11(8-10)15(20)18-7-3-2-4-13(18)17-12/h5-6,8H,2-4,7,9H2,1H3,(H,16,19). The number of carbonyl (C=O) groups excluding carboxylic acids is 1. The zero-order chi connectivity index (χ0) is 14.8. The lowest BCUT2D eigenvalue weighted by molar-refractivity contribution is -0.119. The van der Waals surface area contributed by atoms with Crippen molar-refractivity contribution in [2.75, 3.05) is 19.0 Å². The molecule has 0 fully saturated rings. The van der Waals surface area contributed by atoms with Crippen LogP contribution in [0, 0.1) is 0 Å². The molecule has 6 heteroatoms. The van der Waals surface area contributed by atoms with Crippen molar-refractivity contribution in [2.24, 2.45) is 0 Å². The van der Waals surface area contributed by atoms with Crippen LogP contribution in [-0.2, 0) is 22.5 Å². The molecular formula is C15H17N3O3. The van der Waals surface area contributed by atoms with Gasteiger partial charge in [-0.15, -0.1) is 0 Å². The average Bonchev–Trinajstić information content (AvgIpc) is 2.48. The van der Waals surface area contributed by atoms with Crippen LogP contribution in [0.5, 0.6) is 0 Å². The smallest absolute Gasteiger partial charge is 0.261 e. The molecule has 110 valence electrons. The highest BCUT2D eigenvalue weighted by molar-refractivity contribution is 5.94. The minimum atomic E-state index is -0.247. The van der Waals surface area contributed by atoms with Gasteiger partial charge < -0.3 is 10.1 Å². The zero-order valence-electron chi connectivity index (χ0n) is 11.9. The number of aromatic nitrogens is 2. The number of ether oxygens (including phenoxy) is 1. The number of anilines is 1. The molecule has 0 unspecified atom stereocenters. The summed E-state index contributed by atoms with van der Waals surface area (Å²) in [6, 6.07) is 5.21. The second-order valence-corrected chi connectivity index (χ2v) is 5.16. The number of nitrogens with one attached hydrogen (secondary N) is 1. The van der Waals surface area contributed by atoms with E-state index in [2.05, 4.69) is 10.3 Å². The van der Waals surface area contributed by atoms with E-state index in [-0.39, 0.29) is 18.1 Å². The molecule has 2 heterocycles. The van der Waals surface area contributed by atoms with Gasteiger partial charge in [-0.2, -0.15) is 0 Å². The lowest BCUT2D eigenvalue weighted by Crippen LogP contribution is -2.28. The van der Waals surface area contributed by atoms with Gasteiger partial charge in [0.15, 0.2) is 0 Å². The van der Waals surface area contributed by atoms with Crippen LogP contribution in [0.25, 0.3) is 10.9 Å². The maximum atomic E-state index is 12.5. The number of hydrogen-bond acceptors (Lipinski definition) is 4. The van der Waals surface area contributed by atoms with Gasteiger partial charge in [0.1, 0.15) is 12.4 Å². The van der Waals surface area contributed by atoms with E-state index in [0.29, 0.717) is 16.6 Å². The zero-order valence-corrected chi connectivity index (χ0v) is 11.9. The first-order valence-corrected chi connectivity index (χ1v) is 7.01. The van der Waals surface area contributed by atoms with Gasteiger partial charge in [-0.05, 0) is 31.0 Å². The van der Waals surface area contributed by atoms with Crippen molar-refractivity contribution in [3.05, 3.63) is 34.4 Å². The Balaban J connectivity index is 2.03. The summed E-state index contributed by atoms with van der Waals surface area (Å²) in [7, 11) is 1.46. The van der Waals surface area contributed by atoms with E-state index < -0.39 is 0 Å². The summed E-state index contributed by atoms with van der Waals surface area (Å²) >= 11 is 0. The quantitative estimate of drug-likeness (QED) is 0.924. The molecule has 1 aliphatic rings. The first-order chi connectivity index (χ1) is 10.2. The van der Waals surface area contributed by atoms with Crippen LogP contribution in [0.1, 0.15) is 18.7 Å². The molecule has 0 saturated heterocycles. The molecule has 1 amide bonds. The van der Waals surface area contributed by atoms with Gasteiger partial charge in [0.05, 0.1) is 10.9 Å². The Kier molecular flexibility index (Phi) is 3.70. The monoisotopic (exact) mass is 287 g/mol. The van der Waals surface area contributed by atoms with Crippen LogP contribution < -0.4 is 10.9 Å². The summed E-state index contributed by atoms with van der Waals surface area (Å²) in [4.78, 5) is 28.6. The molecule has 0 atom stereocenters. The summed E-state index contributed by atoms with van der Waals surface area (Å²) in [6.45, 7) is 0.705. The fourth-order valence-corrected chi connectivity index (χ4v) is 2.65. The lowest BCUT2D eigenvalue weighted by atomic mass is 10.1. The Bertz CT molecular complexity index is 752. The van der Waals surface area contributed by atoms with Crippen molar-refractivity contribution in [1.29, 1.82) is 0 Å². The predicted molar refractivity (Wildman–Crippen MR) is 79.4 cm³/mol. The van der Waals surface area contributed by atoms with E-state index in [4.69, 9.17) is 4.74 Å². The highest BCUT2D eigenvalue weighted by Crippen LogP contribution is 2.18. The van der Waals surface area contributed by atoms with E-state index in [0.717, 1.165) is 31.6 Å². The van der Waals surface area contributed by atoms with Gasteiger partial charge in [-0.25, -0.2) is 4.98 Å². The third-order valence-electron chi connectivity index (χ3n) is 3.62. The Morgan fingerprint density at radius 3 is 3.10 bits per heavy atom. The number of nitrogens with zero attached hydrogens (tertiary/aromatic N) is 2. The van der Waals surface area contributed by atoms with E-state index in [9.17, 15) is 9.59 Å². The van der Waals surface area contributed by atoms with Crippen LogP contribution >= 0.6 is 0 Å². The van der Waals surface area contributed by atoms with Crippen LogP contribution in [0.4, 0.5) is 5.69 Å². The first-order valence-electron chi connectivity index (χ1n) is 7.01. The molecule has 0 aliphatic carbocycles. The van der Waals surface area contributed by atoms with Gasteiger partial charge in [0.2, 0.25) is 5.91 Å². The van der Waals surface area contributed by atoms with Crippen LogP contribution in [-0.4, -0.2) is 29.2 Å². The summed E-state index contributed by atoms with van der Waals surface area (Å²) < 4.78 is 6.51. The lowest BCUT2D eigenvalue weighted by Gasteiger charge is -2.18.